The average Bonchev–Trinajstić information content (AvgIpc) is 2.85. The van der Waals surface area contributed by atoms with Crippen LogP contribution in [-0.2, 0) is 0 Å². The minimum atomic E-state index is -0.122. The van der Waals surface area contributed by atoms with Crippen molar-refractivity contribution in [3.63, 3.8) is 0 Å². The number of hydrogen-bond donors (Lipinski definition) is 2. The second-order valence-corrected chi connectivity index (χ2v) is 8.80. The number of rotatable bonds is 1. The molecule has 0 amide bonds. The van der Waals surface area contributed by atoms with Crippen molar-refractivity contribution in [1.29, 1.82) is 5.53 Å². The lowest BCUT2D eigenvalue weighted by Gasteiger charge is -2.57. The molecule has 4 aliphatic rings. The molecule has 4 aliphatic carbocycles. The van der Waals surface area contributed by atoms with Gasteiger partial charge in [0, 0.05) is 11.1 Å². The smallest absolute Gasteiger partial charge is 0.0577 e. The first-order valence-electron chi connectivity index (χ1n) is 9.30. The van der Waals surface area contributed by atoms with Crippen molar-refractivity contribution in [2.75, 3.05) is 0 Å². The van der Waals surface area contributed by atoms with Gasteiger partial charge in [0.15, 0.2) is 0 Å². The van der Waals surface area contributed by atoms with E-state index < -0.39 is 0 Å². The van der Waals surface area contributed by atoms with Crippen molar-refractivity contribution in [3.8, 4) is 0 Å². The van der Waals surface area contributed by atoms with Gasteiger partial charge in [-0.05, 0) is 74.5 Å². The van der Waals surface area contributed by atoms with Crippen molar-refractivity contribution in [2.45, 2.75) is 71.3 Å². The molecule has 126 valence electrons. The van der Waals surface area contributed by atoms with Crippen LogP contribution in [0, 0.1) is 34.1 Å². The number of allylic oxidation sites excluding steroid dienone is 1. The highest BCUT2D eigenvalue weighted by Crippen LogP contribution is 2.64. The van der Waals surface area contributed by atoms with Crippen LogP contribution in [0.15, 0.2) is 22.0 Å². The van der Waals surface area contributed by atoms with E-state index in [1.165, 1.54) is 37.0 Å². The molecular formula is C19H29N3O. The van der Waals surface area contributed by atoms with E-state index in [9.17, 15) is 5.11 Å². The largest absolute Gasteiger partial charge is 0.393 e. The molecule has 3 fully saturated rings. The maximum absolute atomic E-state index is 10.1. The summed E-state index contributed by atoms with van der Waals surface area (Å²) in [6, 6.07) is 0. The van der Waals surface area contributed by atoms with E-state index >= 15 is 0 Å². The zero-order valence-corrected chi connectivity index (χ0v) is 14.4. The Balaban J connectivity index is 1.67. The molecule has 0 aromatic rings. The van der Waals surface area contributed by atoms with Crippen LogP contribution in [-0.4, -0.2) is 16.9 Å². The SMILES string of the molecule is C[C@]12CC[C@H](O)CC1=CCC1C2CC[C@]2(C)C(=NN=N)CCC12. The third-order valence-electron chi connectivity index (χ3n) is 7.99. The number of fused-ring (bicyclic) bond motifs is 5. The lowest BCUT2D eigenvalue weighted by molar-refractivity contribution is -0.0209. The number of nitrogens with zero attached hydrogens (tertiary/aromatic N) is 2. The first-order chi connectivity index (χ1) is 11.0. The van der Waals surface area contributed by atoms with Crippen LogP contribution >= 0.6 is 0 Å². The van der Waals surface area contributed by atoms with E-state index in [2.05, 4.69) is 30.2 Å². The first kappa shape index (κ1) is 15.5. The highest BCUT2D eigenvalue weighted by atomic mass is 16.3. The second-order valence-electron chi connectivity index (χ2n) is 8.80. The van der Waals surface area contributed by atoms with E-state index in [1.54, 1.807) is 0 Å². The van der Waals surface area contributed by atoms with Crippen LogP contribution in [0.25, 0.3) is 0 Å². The Labute approximate surface area is 138 Å². The summed E-state index contributed by atoms with van der Waals surface area (Å²) in [4.78, 5) is 0. The summed E-state index contributed by atoms with van der Waals surface area (Å²) in [5.74, 6) is 2.21. The summed E-state index contributed by atoms with van der Waals surface area (Å²) in [6.45, 7) is 4.84. The monoisotopic (exact) mass is 315 g/mol. The quantitative estimate of drug-likeness (QED) is 0.411. The minimum absolute atomic E-state index is 0.122. The Kier molecular flexibility index (Phi) is 3.53. The van der Waals surface area contributed by atoms with Crippen molar-refractivity contribution in [2.24, 2.45) is 38.9 Å². The van der Waals surface area contributed by atoms with Gasteiger partial charge in [-0.15, -0.1) is 5.10 Å². The fourth-order valence-electron chi connectivity index (χ4n) is 6.66. The Morgan fingerprint density at radius 3 is 2.65 bits per heavy atom. The average molecular weight is 315 g/mol. The van der Waals surface area contributed by atoms with Crippen molar-refractivity contribution in [1.82, 2.24) is 0 Å². The molecule has 0 saturated heterocycles. The zero-order chi connectivity index (χ0) is 16.2. The molecule has 3 unspecified atom stereocenters. The van der Waals surface area contributed by atoms with Gasteiger partial charge in [-0.3, -0.25) is 0 Å². The van der Waals surface area contributed by atoms with Crippen molar-refractivity contribution < 1.29 is 5.11 Å². The molecule has 0 bridgehead atoms. The van der Waals surface area contributed by atoms with Crippen LogP contribution in [0.3, 0.4) is 0 Å². The maximum atomic E-state index is 10.1. The summed E-state index contributed by atoms with van der Waals surface area (Å²) >= 11 is 0. The molecule has 2 N–H and O–H groups in total. The van der Waals surface area contributed by atoms with Gasteiger partial charge in [-0.1, -0.05) is 30.7 Å². The molecule has 4 nitrogen and oxygen atoms in total. The molecule has 6 atom stereocenters. The molecule has 0 aromatic carbocycles. The van der Waals surface area contributed by atoms with Crippen LogP contribution in [0.4, 0.5) is 0 Å². The van der Waals surface area contributed by atoms with Gasteiger partial charge in [-0.2, -0.15) is 5.53 Å². The summed E-state index contributed by atoms with van der Waals surface area (Å²) in [5, 5.41) is 17.6. The van der Waals surface area contributed by atoms with Crippen molar-refractivity contribution >= 4 is 5.71 Å². The predicted octanol–water partition coefficient (Wildman–Crippen LogP) is 4.70. The normalized spacial score (nSPS) is 50.7. The number of aliphatic hydroxyl groups excluding tert-OH is 1. The summed E-state index contributed by atoms with van der Waals surface area (Å²) in [5.41, 5.74) is 10.3. The second kappa shape index (κ2) is 5.23. The number of aliphatic hydroxyl groups is 1. The molecule has 4 heteroatoms. The topological polar surface area (TPSA) is 68.8 Å². The van der Waals surface area contributed by atoms with Gasteiger partial charge in [0.2, 0.25) is 0 Å². The van der Waals surface area contributed by atoms with E-state index in [1.807, 2.05) is 0 Å². The van der Waals surface area contributed by atoms with Crippen LogP contribution in [0.1, 0.15) is 65.2 Å². The summed E-state index contributed by atoms with van der Waals surface area (Å²) in [6.07, 6.45) is 11.2. The van der Waals surface area contributed by atoms with E-state index in [-0.39, 0.29) is 11.5 Å². The van der Waals surface area contributed by atoms with Crippen LogP contribution < -0.4 is 0 Å². The van der Waals surface area contributed by atoms with Gasteiger partial charge in [0.1, 0.15) is 0 Å². The lowest BCUT2D eigenvalue weighted by Crippen LogP contribution is -2.50. The molecule has 0 aliphatic heterocycles. The molecule has 23 heavy (non-hydrogen) atoms. The van der Waals surface area contributed by atoms with E-state index in [0.29, 0.717) is 11.3 Å². The maximum Gasteiger partial charge on any atom is 0.0577 e. The highest BCUT2D eigenvalue weighted by Gasteiger charge is 2.57. The molecule has 3 saturated carbocycles. The summed E-state index contributed by atoms with van der Waals surface area (Å²) < 4.78 is 0. The molecule has 0 heterocycles. The van der Waals surface area contributed by atoms with Gasteiger partial charge in [0.05, 0.1) is 6.10 Å². The molecule has 0 spiro atoms. The van der Waals surface area contributed by atoms with Crippen LogP contribution in [0.5, 0.6) is 0 Å². The molecule has 0 aromatic heterocycles. The predicted molar refractivity (Wildman–Crippen MR) is 90.3 cm³/mol. The first-order valence-corrected chi connectivity index (χ1v) is 9.30. The minimum Gasteiger partial charge on any atom is -0.393 e. The van der Waals surface area contributed by atoms with Gasteiger partial charge >= 0.3 is 0 Å². The van der Waals surface area contributed by atoms with Gasteiger partial charge in [-0.25, -0.2) is 0 Å². The third kappa shape index (κ3) is 2.10. The Morgan fingerprint density at radius 2 is 1.87 bits per heavy atom. The third-order valence-corrected chi connectivity index (χ3v) is 7.99. The standard InChI is InChI=1S/C19H29N3O/c1-18-9-7-13(23)11-12(18)3-4-14-15-5-6-17(21-22-20)19(15,2)10-8-16(14)18/h3,13-16,20,23H,4-11H2,1-2H3/t13-,14?,15?,16?,18-,19-/m0/s1. The zero-order valence-electron chi connectivity index (χ0n) is 14.4. The number of nitrogens with one attached hydrogen (secondary N) is 1. The van der Waals surface area contributed by atoms with Crippen molar-refractivity contribution in [3.05, 3.63) is 11.6 Å². The highest BCUT2D eigenvalue weighted by molar-refractivity contribution is 5.92. The Hall–Kier alpha value is -1.03. The Bertz CT molecular complexity index is 583. The van der Waals surface area contributed by atoms with Gasteiger partial charge < -0.3 is 5.11 Å². The fourth-order valence-corrected chi connectivity index (χ4v) is 6.66. The summed E-state index contributed by atoms with van der Waals surface area (Å²) in [7, 11) is 0. The molecule has 4 rings (SSSR count). The van der Waals surface area contributed by atoms with E-state index in [0.717, 1.165) is 37.5 Å². The van der Waals surface area contributed by atoms with Crippen LogP contribution in [0.2, 0.25) is 0 Å². The van der Waals surface area contributed by atoms with Gasteiger partial charge in [0.25, 0.3) is 0 Å². The lowest BCUT2D eigenvalue weighted by atomic mass is 9.48. The Morgan fingerprint density at radius 1 is 1.13 bits per heavy atom. The number of hydrogen-bond acceptors (Lipinski definition) is 3. The fraction of sp³-hybridized carbons (Fsp3) is 0.842. The van der Waals surface area contributed by atoms with E-state index in [4.69, 9.17) is 5.53 Å². The molecular weight excluding hydrogens is 286 g/mol. The molecule has 0 radical (unpaired) electrons.